The van der Waals surface area contributed by atoms with Crippen molar-refractivity contribution in [2.75, 3.05) is 11.9 Å². The largest absolute Gasteiger partial charge is 0.435 e. The fraction of sp³-hybridized carbons (Fsp3) is 0.286. The van der Waals surface area contributed by atoms with Crippen molar-refractivity contribution < 1.29 is 27.9 Å². The van der Waals surface area contributed by atoms with Crippen molar-refractivity contribution in [3.63, 3.8) is 0 Å². The van der Waals surface area contributed by atoms with Crippen LogP contribution in [0.2, 0.25) is 0 Å². The molecule has 1 fully saturated rings. The van der Waals surface area contributed by atoms with Gasteiger partial charge in [0, 0.05) is 5.69 Å². The van der Waals surface area contributed by atoms with E-state index in [1.807, 2.05) is 19.1 Å². The zero-order chi connectivity index (χ0) is 21.9. The van der Waals surface area contributed by atoms with E-state index >= 15 is 0 Å². The lowest BCUT2D eigenvalue weighted by atomic mass is 9.92. The van der Waals surface area contributed by atoms with Crippen LogP contribution in [0.15, 0.2) is 48.5 Å². The molecule has 1 aliphatic rings. The zero-order valence-corrected chi connectivity index (χ0v) is 16.4. The summed E-state index contributed by atoms with van der Waals surface area (Å²) in [5, 5.41) is 5.21. The van der Waals surface area contributed by atoms with Crippen molar-refractivity contribution in [3.8, 4) is 5.75 Å². The maximum Gasteiger partial charge on any atom is 0.387 e. The highest BCUT2D eigenvalue weighted by molar-refractivity contribution is 6.10. The minimum absolute atomic E-state index is 0.0700. The van der Waals surface area contributed by atoms with Crippen LogP contribution >= 0.6 is 0 Å². The number of amides is 4. The highest BCUT2D eigenvalue weighted by atomic mass is 19.3. The van der Waals surface area contributed by atoms with Gasteiger partial charge in [-0.2, -0.15) is 8.78 Å². The lowest BCUT2D eigenvalue weighted by Crippen LogP contribution is -2.42. The number of urea groups is 1. The molecule has 1 aliphatic heterocycles. The van der Waals surface area contributed by atoms with Crippen LogP contribution in [0.25, 0.3) is 0 Å². The summed E-state index contributed by atoms with van der Waals surface area (Å²) in [6, 6.07) is 11.9. The van der Waals surface area contributed by atoms with Gasteiger partial charge < -0.3 is 15.4 Å². The maximum absolute atomic E-state index is 12.9. The van der Waals surface area contributed by atoms with Crippen molar-refractivity contribution in [2.24, 2.45) is 0 Å². The quantitative estimate of drug-likeness (QED) is 0.677. The Morgan fingerprint density at radius 3 is 2.33 bits per heavy atom. The van der Waals surface area contributed by atoms with Gasteiger partial charge in [0.1, 0.15) is 17.8 Å². The fourth-order valence-corrected chi connectivity index (χ4v) is 3.17. The predicted octanol–water partition coefficient (Wildman–Crippen LogP) is 3.26. The van der Waals surface area contributed by atoms with Crippen LogP contribution < -0.4 is 15.4 Å². The van der Waals surface area contributed by atoms with E-state index in [1.165, 1.54) is 31.2 Å². The van der Waals surface area contributed by atoms with Crippen LogP contribution in [0.4, 0.5) is 19.3 Å². The number of carbonyl (C=O) groups excluding carboxylic acids is 3. The monoisotopic (exact) mass is 417 g/mol. The summed E-state index contributed by atoms with van der Waals surface area (Å²) in [6.45, 7) is 0.0769. The van der Waals surface area contributed by atoms with Crippen LogP contribution in [-0.4, -0.2) is 35.9 Å². The first-order valence-electron chi connectivity index (χ1n) is 9.31. The molecule has 1 atom stereocenters. The van der Waals surface area contributed by atoms with E-state index in [-0.39, 0.29) is 5.75 Å². The second-order valence-electron chi connectivity index (χ2n) is 6.95. The van der Waals surface area contributed by atoms with Crippen molar-refractivity contribution in [1.82, 2.24) is 10.2 Å². The third-order valence-corrected chi connectivity index (χ3v) is 4.88. The van der Waals surface area contributed by atoms with Crippen LogP contribution in [0.5, 0.6) is 5.75 Å². The minimum Gasteiger partial charge on any atom is -0.435 e. The molecule has 0 radical (unpaired) electrons. The van der Waals surface area contributed by atoms with Crippen molar-refractivity contribution in [3.05, 3.63) is 59.7 Å². The molecular formula is C21H21F2N3O4. The number of alkyl halides is 2. The van der Waals surface area contributed by atoms with Gasteiger partial charge in [-0.1, -0.05) is 31.2 Å². The number of hydrogen-bond donors (Lipinski definition) is 2. The molecule has 0 unspecified atom stereocenters. The molecule has 158 valence electrons. The molecule has 1 heterocycles. The maximum atomic E-state index is 12.9. The summed E-state index contributed by atoms with van der Waals surface area (Å²) in [7, 11) is 0. The number of hydrogen-bond acceptors (Lipinski definition) is 4. The van der Waals surface area contributed by atoms with Crippen molar-refractivity contribution in [1.29, 1.82) is 0 Å². The molecule has 0 aliphatic carbocycles. The number of aryl methyl sites for hydroxylation is 1. The highest BCUT2D eigenvalue weighted by Gasteiger charge is 2.49. The Morgan fingerprint density at radius 2 is 1.77 bits per heavy atom. The average Bonchev–Trinajstić information content (AvgIpc) is 2.92. The number of nitrogens with one attached hydrogen (secondary N) is 2. The fourth-order valence-electron chi connectivity index (χ4n) is 3.17. The molecule has 2 aromatic rings. The van der Waals surface area contributed by atoms with Gasteiger partial charge in [0.05, 0.1) is 0 Å². The SMILES string of the molecule is CCc1ccc(NC(=O)CN2C(=O)N[C@](C)(c3ccc(OC(F)F)cc3)C2=O)cc1. The standard InChI is InChI=1S/C21H21F2N3O4/c1-3-13-4-8-15(9-5-13)24-17(27)12-26-18(28)21(2,25-20(26)29)14-6-10-16(11-7-14)30-19(22)23/h4-11,19H,3,12H2,1-2H3,(H,24,27)(H,25,29)/t21-/m1/s1. The number of halogens is 2. The van der Waals surface area contributed by atoms with Gasteiger partial charge in [-0.15, -0.1) is 0 Å². The Kier molecular flexibility index (Phi) is 6.00. The smallest absolute Gasteiger partial charge is 0.387 e. The molecule has 9 heteroatoms. The van der Waals surface area contributed by atoms with Gasteiger partial charge >= 0.3 is 12.6 Å². The first kappa shape index (κ1) is 21.2. The summed E-state index contributed by atoms with van der Waals surface area (Å²) in [6.07, 6.45) is 0.866. The molecule has 2 aromatic carbocycles. The van der Waals surface area contributed by atoms with E-state index in [9.17, 15) is 23.2 Å². The average molecular weight is 417 g/mol. The number of ether oxygens (including phenoxy) is 1. The van der Waals surface area contributed by atoms with Gasteiger partial charge in [0.2, 0.25) is 5.91 Å². The molecule has 0 aromatic heterocycles. The molecule has 30 heavy (non-hydrogen) atoms. The molecule has 1 saturated heterocycles. The van der Waals surface area contributed by atoms with Crippen LogP contribution in [0.3, 0.4) is 0 Å². The lowest BCUT2D eigenvalue weighted by molar-refractivity contribution is -0.133. The molecule has 2 N–H and O–H groups in total. The van der Waals surface area contributed by atoms with E-state index in [4.69, 9.17) is 0 Å². The molecular weight excluding hydrogens is 396 g/mol. The summed E-state index contributed by atoms with van der Waals surface area (Å²) in [5.74, 6) is -1.21. The van der Waals surface area contributed by atoms with Crippen LogP contribution in [0.1, 0.15) is 25.0 Å². The number of carbonyl (C=O) groups is 3. The molecule has 0 bridgehead atoms. The molecule has 7 nitrogen and oxygen atoms in total. The Bertz CT molecular complexity index is 948. The number of imide groups is 1. The number of benzene rings is 2. The van der Waals surface area contributed by atoms with Crippen LogP contribution in [-0.2, 0) is 21.5 Å². The first-order valence-corrected chi connectivity index (χ1v) is 9.31. The Balaban J connectivity index is 1.69. The third-order valence-electron chi connectivity index (χ3n) is 4.88. The van der Waals surface area contributed by atoms with Gasteiger partial charge in [0.15, 0.2) is 0 Å². The van der Waals surface area contributed by atoms with Crippen molar-refractivity contribution in [2.45, 2.75) is 32.4 Å². The molecule has 0 saturated carbocycles. The minimum atomic E-state index is -2.97. The zero-order valence-electron chi connectivity index (χ0n) is 16.4. The van der Waals surface area contributed by atoms with E-state index < -0.39 is 36.5 Å². The van der Waals surface area contributed by atoms with Gasteiger partial charge in [-0.05, 0) is 48.7 Å². The molecule has 4 amide bonds. The van der Waals surface area contributed by atoms with Gasteiger partial charge in [0.25, 0.3) is 5.91 Å². The molecule has 3 rings (SSSR count). The summed E-state index contributed by atoms with van der Waals surface area (Å²) in [4.78, 5) is 38.4. The summed E-state index contributed by atoms with van der Waals surface area (Å²) in [5.41, 5.74) is 0.619. The first-order chi connectivity index (χ1) is 14.2. The third kappa shape index (κ3) is 4.40. The summed E-state index contributed by atoms with van der Waals surface area (Å²) >= 11 is 0. The topological polar surface area (TPSA) is 87.7 Å². The number of rotatable bonds is 7. The van der Waals surface area contributed by atoms with E-state index in [0.29, 0.717) is 11.3 Å². The lowest BCUT2D eigenvalue weighted by Gasteiger charge is -2.22. The van der Waals surface area contributed by atoms with E-state index in [1.54, 1.807) is 12.1 Å². The van der Waals surface area contributed by atoms with Gasteiger partial charge in [-0.3, -0.25) is 14.5 Å². The van der Waals surface area contributed by atoms with E-state index in [2.05, 4.69) is 15.4 Å². The normalized spacial score (nSPS) is 18.5. The summed E-state index contributed by atoms with van der Waals surface area (Å²) < 4.78 is 28.9. The second-order valence-corrected chi connectivity index (χ2v) is 6.95. The Hall–Kier alpha value is -3.49. The van der Waals surface area contributed by atoms with E-state index in [0.717, 1.165) is 16.9 Å². The number of anilines is 1. The Labute approximate surface area is 172 Å². The predicted molar refractivity (Wildman–Crippen MR) is 105 cm³/mol. The second kappa shape index (κ2) is 8.48. The van der Waals surface area contributed by atoms with Crippen molar-refractivity contribution >= 4 is 23.5 Å². The molecule has 0 spiro atoms. The van der Waals surface area contributed by atoms with Gasteiger partial charge in [-0.25, -0.2) is 4.79 Å². The number of nitrogens with zero attached hydrogens (tertiary/aromatic N) is 1. The Morgan fingerprint density at radius 1 is 1.13 bits per heavy atom. The highest BCUT2D eigenvalue weighted by Crippen LogP contribution is 2.30. The van der Waals surface area contributed by atoms with Crippen LogP contribution in [0, 0.1) is 0 Å².